The first-order valence-electron chi connectivity index (χ1n) is 17.8. The van der Waals surface area contributed by atoms with Crippen LogP contribution in [0.2, 0.25) is 0 Å². The predicted molar refractivity (Wildman–Crippen MR) is 172 cm³/mol. The molecular weight excluding hydrogens is 464 g/mol. The molecule has 0 saturated carbocycles. The van der Waals surface area contributed by atoms with Crippen LogP contribution >= 0.6 is 0 Å². The van der Waals surface area contributed by atoms with E-state index in [1.54, 1.807) is 0 Å². The minimum atomic E-state index is -0.213. The molecule has 0 saturated heterocycles. The summed E-state index contributed by atoms with van der Waals surface area (Å²) in [5.74, 6) is 0. The smallest absolute Gasteiger partial charge is 0.0793 e. The minimum Gasteiger partial charge on any atom is -0.390 e. The van der Waals surface area contributed by atoms with Crippen molar-refractivity contribution in [3.05, 3.63) is 0 Å². The molecule has 1 N–H and O–H groups in total. The monoisotopic (exact) mass is 539 g/mol. The number of aliphatic hydroxyl groups is 1. The SMILES string of the molecule is CCCCCCCCN(CCCCCCCC)CC(O)CN(CCCCCCCC)CCCCCCCC. The summed E-state index contributed by atoms with van der Waals surface area (Å²) in [5, 5.41) is 11.2. The van der Waals surface area contributed by atoms with Gasteiger partial charge in [0.2, 0.25) is 0 Å². The molecule has 0 atom stereocenters. The number of hydrogen-bond acceptors (Lipinski definition) is 3. The van der Waals surface area contributed by atoms with Crippen molar-refractivity contribution in [3.8, 4) is 0 Å². The van der Waals surface area contributed by atoms with Gasteiger partial charge in [0.15, 0.2) is 0 Å². The van der Waals surface area contributed by atoms with Crippen LogP contribution in [0.3, 0.4) is 0 Å². The summed E-state index contributed by atoms with van der Waals surface area (Å²) in [6, 6.07) is 0. The summed E-state index contributed by atoms with van der Waals surface area (Å²) >= 11 is 0. The lowest BCUT2D eigenvalue weighted by molar-refractivity contribution is 0.0707. The van der Waals surface area contributed by atoms with E-state index >= 15 is 0 Å². The van der Waals surface area contributed by atoms with Crippen LogP contribution in [0.1, 0.15) is 182 Å². The summed E-state index contributed by atoms with van der Waals surface area (Å²) in [6.07, 6.45) is 32.3. The van der Waals surface area contributed by atoms with Crippen LogP contribution in [0.25, 0.3) is 0 Å². The van der Waals surface area contributed by atoms with Gasteiger partial charge >= 0.3 is 0 Å². The van der Waals surface area contributed by atoms with Crippen molar-refractivity contribution < 1.29 is 5.11 Å². The molecule has 38 heavy (non-hydrogen) atoms. The van der Waals surface area contributed by atoms with E-state index in [1.807, 2.05) is 0 Å². The fourth-order valence-corrected chi connectivity index (χ4v) is 5.71. The molecule has 0 aromatic rings. The molecule has 0 fully saturated rings. The molecule has 0 unspecified atom stereocenters. The Morgan fingerprint density at radius 2 is 0.553 bits per heavy atom. The largest absolute Gasteiger partial charge is 0.390 e. The minimum absolute atomic E-state index is 0.213. The predicted octanol–water partition coefficient (Wildman–Crippen LogP) is 10.4. The summed E-state index contributed by atoms with van der Waals surface area (Å²) in [5.41, 5.74) is 0. The van der Waals surface area contributed by atoms with E-state index in [1.165, 1.54) is 180 Å². The van der Waals surface area contributed by atoms with Crippen molar-refractivity contribution in [1.82, 2.24) is 9.80 Å². The second kappa shape index (κ2) is 31.4. The summed E-state index contributed by atoms with van der Waals surface area (Å²) in [7, 11) is 0. The zero-order valence-corrected chi connectivity index (χ0v) is 27.1. The molecule has 0 rings (SSSR count). The van der Waals surface area contributed by atoms with E-state index in [0.717, 1.165) is 13.1 Å². The number of nitrogens with zero attached hydrogens (tertiary/aromatic N) is 2. The highest BCUT2D eigenvalue weighted by Crippen LogP contribution is 2.12. The molecule has 0 spiro atoms. The fraction of sp³-hybridized carbons (Fsp3) is 1.00. The summed E-state index contributed by atoms with van der Waals surface area (Å²) < 4.78 is 0. The van der Waals surface area contributed by atoms with E-state index in [-0.39, 0.29) is 6.10 Å². The Morgan fingerprint density at radius 3 is 0.789 bits per heavy atom. The highest BCUT2D eigenvalue weighted by Gasteiger charge is 2.16. The first kappa shape index (κ1) is 37.9. The van der Waals surface area contributed by atoms with Crippen molar-refractivity contribution in [2.24, 2.45) is 0 Å². The third kappa shape index (κ3) is 27.4. The van der Waals surface area contributed by atoms with Crippen LogP contribution in [-0.2, 0) is 0 Å². The van der Waals surface area contributed by atoms with Crippen molar-refractivity contribution in [2.45, 2.75) is 188 Å². The molecule has 0 aliphatic carbocycles. The van der Waals surface area contributed by atoms with Crippen LogP contribution in [-0.4, -0.2) is 60.3 Å². The van der Waals surface area contributed by atoms with Gasteiger partial charge in [0.05, 0.1) is 6.10 Å². The first-order chi connectivity index (χ1) is 18.7. The van der Waals surface area contributed by atoms with Gasteiger partial charge in [0.1, 0.15) is 0 Å². The third-order valence-corrected chi connectivity index (χ3v) is 8.25. The maximum atomic E-state index is 11.2. The van der Waals surface area contributed by atoms with Crippen molar-refractivity contribution in [2.75, 3.05) is 39.3 Å². The Labute approximate surface area is 241 Å². The number of rotatable bonds is 32. The molecule has 0 aliphatic rings. The van der Waals surface area contributed by atoms with Gasteiger partial charge < -0.3 is 14.9 Å². The maximum Gasteiger partial charge on any atom is 0.0793 e. The Hall–Kier alpha value is -0.120. The molecule has 0 amide bonds. The summed E-state index contributed by atoms with van der Waals surface area (Å²) in [4.78, 5) is 5.22. The van der Waals surface area contributed by atoms with Crippen molar-refractivity contribution >= 4 is 0 Å². The Kier molecular flexibility index (Phi) is 31.3. The average Bonchev–Trinajstić information content (AvgIpc) is 2.91. The molecule has 0 aromatic heterocycles. The molecule has 0 aromatic carbocycles. The topological polar surface area (TPSA) is 26.7 Å². The third-order valence-electron chi connectivity index (χ3n) is 8.25. The van der Waals surface area contributed by atoms with E-state index < -0.39 is 0 Å². The Bertz CT molecular complexity index is 360. The number of unbranched alkanes of at least 4 members (excludes halogenated alkanes) is 20. The number of hydrogen-bond donors (Lipinski definition) is 1. The molecule has 0 radical (unpaired) electrons. The molecule has 3 heteroatoms. The quantitative estimate of drug-likeness (QED) is 0.0863. The maximum absolute atomic E-state index is 11.2. The lowest BCUT2D eigenvalue weighted by atomic mass is 10.1. The van der Waals surface area contributed by atoms with E-state index in [4.69, 9.17) is 0 Å². The highest BCUT2D eigenvalue weighted by molar-refractivity contribution is 4.71. The van der Waals surface area contributed by atoms with E-state index in [2.05, 4.69) is 37.5 Å². The summed E-state index contributed by atoms with van der Waals surface area (Å²) in [6.45, 7) is 15.6. The zero-order valence-electron chi connectivity index (χ0n) is 27.1. The van der Waals surface area contributed by atoms with Gasteiger partial charge in [-0.15, -0.1) is 0 Å². The first-order valence-corrected chi connectivity index (χ1v) is 17.8. The van der Waals surface area contributed by atoms with Crippen LogP contribution in [0.4, 0.5) is 0 Å². The molecule has 230 valence electrons. The van der Waals surface area contributed by atoms with Gasteiger partial charge in [-0.3, -0.25) is 0 Å². The van der Waals surface area contributed by atoms with Crippen molar-refractivity contribution in [3.63, 3.8) is 0 Å². The van der Waals surface area contributed by atoms with Gasteiger partial charge in [-0.2, -0.15) is 0 Å². The standard InChI is InChI=1S/C35H74N2O/c1-5-9-13-17-21-25-29-36(30-26-22-18-14-10-6-2)33-35(38)34-37(31-27-23-19-15-11-7-3)32-28-24-20-16-12-8-4/h35,38H,5-34H2,1-4H3. The average molecular weight is 539 g/mol. The van der Waals surface area contributed by atoms with Crippen LogP contribution in [0.15, 0.2) is 0 Å². The Balaban J connectivity index is 4.63. The van der Waals surface area contributed by atoms with Gasteiger partial charge in [-0.05, 0) is 51.9 Å². The van der Waals surface area contributed by atoms with E-state index in [0.29, 0.717) is 0 Å². The highest BCUT2D eigenvalue weighted by atomic mass is 16.3. The van der Waals surface area contributed by atoms with Crippen LogP contribution < -0.4 is 0 Å². The van der Waals surface area contributed by atoms with Crippen LogP contribution in [0, 0.1) is 0 Å². The lowest BCUT2D eigenvalue weighted by Gasteiger charge is -2.29. The molecule has 3 nitrogen and oxygen atoms in total. The molecule has 0 aliphatic heterocycles. The zero-order chi connectivity index (χ0) is 27.9. The second-order valence-electron chi connectivity index (χ2n) is 12.3. The fourth-order valence-electron chi connectivity index (χ4n) is 5.71. The Morgan fingerprint density at radius 1 is 0.342 bits per heavy atom. The van der Waals surface area contributed by atoms with Gasteiger partial charge in [0.25, 0.3) is 0 Å². The lowest BCUT2D eigenvalue weighted by Crippen LogP contribution is -2.41. The second-order valence-corrected chi connectivity index (χ2v) is 12.3. The molecular formula is C35H74N2O. The van der Waals surface area contributed by atoms with E-state index in [9.17, 15) is 5.11 Å². The van der Waals surface area contributed by atoms with Gasteiger partial charge in [-0.25, -0.2) is 0 Å². The van der Waals surface area contributed by atoms with Gasteiger partial charge in [0, 0.05) is 13.1 Å². The van der Waals surface area contributed by atoms with Crippen molar-refractivity contribution in [1.29, 1.82) is 0 Å². The van der Waals surface area contributed by atoms with Crippen LogP contribution in [0.5, 0.6) is 0 Å². The molecule has 0 heterocycles. The molecule has 0 bridgehead atoms. The number of aliphatic hydroxyl groups excluding tert-OH is 1. The van der Waals surface area contributed by atoms with Gasteiger partial charge in [-0.1, -0.05) is 156 Å². The normalized spacial score (nSPS) is 12.0.